The number of fused-ring (bicyclic) bond motifs is 1. The van der Waals surface area contributed by atoms with Crippen molar-refractivity contribution in [3.05, 3.63) is 35.5 Å². The highest BCUT2D eigenvalue weighted by atomic mass is 35.5. The summed E-state index contributed by atoms with van der Waals surface area (Å²) in [5.41, 5.74) is 6.67. The minimum Gasteiger partial charge on any atom is -0.392 e. The molecule has 3 heterocycles. The van der Waals surface area contributed by atoms with Gasteiger partial charge in [-0.05, 0) is 31.2 Å². The van der Waals surface area contributed by atoms with Gasteiger partial charge in [0, 0.05) is 29.9 Å². The van der Waals surface area contributed by atoms with Crippen LogP contribution >= 0.6 is 11.6 Å². The van der Waals surface area contributed by atoms with E-state index >= 15 is 0 Å². The molecule has 1 fully saturated rings. The van der Waals surface area contributed by atoms with Crippen molar-refractivity contribution in [1.29, 1.82) is 0 Å². The second-order valence-electron chi connectivity index (χ2n) is 7.55. The Hall–Kier alpha value is -2.78. The Morgan fingerprint density at radius 3 is 3.00 bits per heavy atom. The molecule has 0 aromatic carbocycles. The summed E-state index contributed by atoms with van der Waals surface area (Å²) in [7, 11) is 0. The van der Waals surface area contributed by atoms with Gasteiger partial charge in [0.2, 0.25) is 5.91 Å². The van der Waals surface area contributed by atoms with E-state index in [-0.39, 0.29) is 11.7 Å². The minimum absolute atomic E-state index is 0.0705. The molecule has 0 radical (unpaired) electrons. The summed E-state index contributed by atoms with van der Waals surface area (Å²) in [6.07, 6.45) is 6.38. The van der Waals surface area contributed by atoms with E-state index in [0.717, 1.165) is 24.4 Å². The fourth-order valence-corrected chi connectivity index (χ4v) is 4.21. The van der Waals surface area contributed by atoms with Crippen LogP contribution in [0.4, 0.5) is 10.2 Å². The highest BCUT2D eigenvalue weighted by molar-refractivity contribution is 6.31. The summed E-state index contributed by atoms with van der Waals surface area (Å²) < 4.78 is 14.3. The predicted octanol–water partition coefficient (Wildman–Crippen LogP) is 2.88. The first-order valence-electron chi connectivity index (χ1n) is 9.81. The maximum atomic E-state index is 14.3. The van der Waals surface area contributed by atoms with Gasteiger partial charge in [0.05, 0.1) is 23.2 Å². The van der Waals surface area contributed by atoms with Crippen LogP contribution in [0.15, 0.2) is 24.7 Å². The Bertz CT molecular complexity index is 1070. The number of aromatic nitrogens is 4. The second kappa shape index (κ2) is 8.53. The fourth-order valence-electron chi connectivity index (χ4n) is 4.06. The average molecular weight is 433 g/mol. The molecule has 158 valence electrons. The summed E-state index contributed by atoms with van der Waals surface area (Å²) in [5, 5.41) is 14.6. The zero-order chi connectivity index (χ0) is 21.3. The van der Waals surface area contributed by atoms with Gasteiger partial charge in [-0.15, -0.1) is 0 Å². The standard InChI is InChI=1S/C20H22ClFN6O2/c21-11-6-13-14(8-26-18(13)25-7-11)19-27-9-15(22)20(28-19)24-5-4-10-2-1-3-12(16(10)29)17(23)30/h6-10,12,16,29H,1-5H2,(H2,23,30)(H,25,26)(H,24,27,28). The number of H-pyrrole nitrogens is 1. The van der Waals surface area contributed by atoms with Crippen molar-refractivity contribution in [3.8, 4) is 11.4 Å². The molecule has 1 aliphatic carbocycles. The predicted molar refractivity (Wildman–Crippen MR) is 111 cm³/mol. The summed E-state index contributed by atoms with van der Waals surface area (Å²) in [5.74, 6) is -1.24. The maximum absolute atomic E-state index is 14.3. The third kappa shape index (κ3) is 4.08. The molecular weight excluding hydrogens is 411 g/mol. The van der Waals surface area contributed by atoms with Gasteiger partial charge in [-0.25, -0.2) is 19.3 Å². The van der Waals surface area contributed by atoms with Gasteiger partial charge in [-0.3, -0.25) is 4.79 Å². The van der Waals surface area contributed by atoms with Crippen LogP contribution in [0.5, 0.6) is 0 Å². The third-order valence-electron chi connectivity index (χ3n) is 5.64. The summed E-state index contributed by atoms with van der Waals surface area (Å²) >= 11 is 6.04. The number of anilines is 1. The zero-order valence-electron chi connectivity index (χ0n) is 16.1. The van der Waals surface area contributed by atoms with Crippen molar-refractivity contribution in [2.45, 2.75) is 31.8 Å². The van der Waals surface area contributed by atoms with Crippen LogP contribution in [0.25, 0.3) is 22.4 Å². The Morgan fingerprint density at radius 2 is 2.20 bits per heavy atom. The number of aliphatic hydroxyl groups is 1. The Morgan fingerprint density at radius 1 is 1.37 bits per heavy atom. The van der Waals surface area contributed by atoms with E-state index in [4.69, 9.17) is 17.3 Å². The Kier molecular flexibility index (Phi) is 5.83. The first-order valence-corrected chi connectivity index (χ1v) is 10.2. The third-order valence-corrected chi connectivity index (χ3v) is 5.85. The summed E-state index contributed by atoms with van der Waals surface area (Å²) in [6, 6.07) is 1.75. The van der Waals surface area contributed by atoms with Crippen LogP contribution in [0.2, 0.25) is 5.02 Å². The van der Waals surface area contributed by atoms with Gasteiger partial charge in [0.25, 0.3) is 0 Å². The number of nitrogens with zero attached hydrogens (tertiary/aromatic N) is 3. The van der Waals surface area contributed by atoms with Crippen molar-refractivity contribution in [1.82, 2.24) is 19.9 Å². The van der Waals surface area contributed by atoms with E-state index in [2.05, 4.69) is 25.3 Å². The van der Waals surface area contributed by atoms with Gasteiger partial charge in [-0.2, -0.15) is 0 Å². The number of hydrogen-bond acceptors (Lipinski definition) is 6. The van der Waals surface area contributed by atoms with Crippen LogP contribution in [0.3, 0.4) is 0 Å². The zero-order valence-corrected chi connectivity index (χ0v) is 16.9. The number of nitrogens with one attached hydrogen (secondary N) is 2. The van der Waals surface area contributed by atoms with E-state index in [9.17, 15) is 14.3 Å². The molecule has 8 nitrogen and oxygen atoms in total. The Balaban J connectivity index is 1.47. The number of aromatic amines is 1. The molecule has 0 bridgehead atoms. The number of pyridine rings is 1. The van der Waals surface area contributed by atoms with Gasteiger partial charge in [-0.1, -0.05) is 18.0 Å². The SMILES string of the molecule is NC(=O)C1CCCC(CCNc2nc(-c3c[nH]c4ncc(Cl)cc34)ncc2F)C1O. The lowest BCUT2D eigenvalue weighted by molar-refractivity contribution is -0.128. The molecule has 1 aliphatic rings. The van der Waals surface area contributed by atoms with Crippen LogP contribution in [-0.2, 0) is 4.79 Å². The van der Waals surface area contributed by atoms with Gasteiger partial charge < -0.3 is 21.1 Å². The molecule has 10 heteroatoms. The number of rotatable bonds is 6. The fraction of sp³-hybridized carbons (Fsp3) is 0.400. The molecule has 1 amide bonds. The van der Waals surface area contributed by atoms with E-state index in [1.165, 1.54) is 6.20 Å². The number of aliphatic hydroxyl groups excluding tert-OH is 1. The molecule has 4 rings (SSSR count). The van der Waals surface area contributed by atoms with Crippen molar-refractivity contribution in [2.75, 3.05) is 11.9 Å². The Labute approximate surface area is 177 Å². The van der Waals surface area contributed by atoms with Gasteiger partial charge >= 0.3 is 0 Å². The molecule has 0 saturated heterocycles. The molecule has 3 aromatic heterocycles. The van der Waals surface area contributed by atoms with Crippen molar-refractivity contribution >= 4 is 34.4 Å². The molecule has 30 heavy (non-hydrogen) atoms. The molecule has 3 unspecified atom stereocenters. The molecule has 5 N–H and O–H groups in total. The van der Waals surface area contributed by atoms with Crippen LogP contribution < -0.4 is 11.1 Å². The van der Waals surface area contributed by atoms with E-state index in [1.807, 2.05) is 0 Å². The van der Waals surface area contributed by atoms with Gasteiger partial charge in [0.15, 0.2) is 17.5 Å². The van der Waals surface area contributed by atoms with Crippen molar-refractivity contribution < 1.29 is 14.3 Å². The molecule has 3 atom stereocenters. The number of nitrogens with two attached hydrogens (primary N) is 1. The highest BCUT2D eigenvalue weighted by Crippen LogP contribution is 2.32. The first-order chi connectivity index (χ1) is 14.4. The molecule has 3 aromatic rings. The quantitative estimate of drug-likeness (QED) is 0.474. The topological polar surface area (TPSA) is 130 Å². The largest absolute Gasteiger partial charge is 0.392 e. The summed E-state index contributed by atoms with van der Waals surface area (Å²) in [4.78, 5) is 27.1. The van der Waals surface area contributed by atoms with Crippen molar-refractivity contribution in [2.24, 2.45) is 17.6 Å². The monoisotopic (exact) mass is 432 g/mol. The number of primary amides is 1. The second-order valence-corrected chi connectivity index (χ2v) is 7.98. The first kappa shape index (κ1) is 20.5. The lowest BCUT2D eigenvalue weighted by Gasteiger charge is -2.33. The number of hydrogen-bond donors (Lipinski definition) is 4. The smallest absolute Gasteiger partial charge is 0.223 e. The lowest BCUT2D eigenvalue weighted by Crippen LogP contribution is -2.41. The number of carbonyl (C=O) groups is 1. The van der Waals surface area contributed by atoms with E-state index in [0.29, 0.717) is 41.4 Å². The molecular formula is C20H22ClFN6O2. The maximum Gasteiger partial charge on any atom is 0.223 e. The van der Waals surface area contributed by atoms with E-state index < -0.39 is 23.7 Å². The molecule has 0 aliphatic heterocycles. The van der Waals surface area contributed by atoms with Crippen LogP contribution in [0.1, 0.15) is 25.7 Å². The van der Waals surface area contributed by atoms with Gasteiger partial charge in [0.1, 0.15) is 5.65 Å². The van der Waals surface area contributed by atoms with Crippen LogP contribution in [-0.4, -0.2) is 43.6 Å². The van der Waals surface area contributed by atoms with E-state index in [1.54, 1.807) is 12.3 Å². The average Bonchev–Trinajstić information content (AvgIpc) is 3.13. The summed E-state index contributed by atoms with van der Waals surface area (Å²) in [6.45, 7) is 0.391. The highest BCUT2D eigenvalue weighted by Gasteiger charge is 2.34. The van der Waals surface area contributed by atoms with Crippen LogP contribution in [0, 0.1) is 17.7 Å². The molecule has 1 saturated carbocycles. The number of amides is 1. The number of carbonyl (C=O) groups excluding carboxylic acids is 1. The lowest BCUT2D eigenvalue weighted by atomic mass is 9.77. The normalized spacial score (nSPS) is 21.6. The molecule has 0 spiro atoms. The number of halogens is 2. The van der Waals surface area contributed by atoms with Crippen molar-refractivity contribution in [3.63, 3.8) is 0 Å². The minimum atomic E-state index is -0.771.